The van der Waals surface area contributed by atoms with Crippen LogP contribution >= 0.6 is 11.6 Å². The van der Waals surface area contributed by atoms with Gasteiger partial charge in [0.25, 0.3) is 0 Å². The van der Waals surface area contributed by atoms with Crippen LogP contribution < -0.4 is 5.32 Å². The van der Waals surface area contributed by atoms with Gasteiger partial charge in [0.15, 0.2) is 0 Å². The molecule has 3 rings (SSSR count). The van der Waals surface area contributed by atoms with Crippen molar-refractivity contribution in [1.29, 1.82) is 0 Å². The lowest BCUT2D eigenvalue weighted by Crippen LogP contribution is -2.39. The van der Waals surface area contributed by atoms with E-state index in [-0.39, 0.29) is 12.0 Å². The zero-order valence-electron chi connectivity index (χ0n) is 11.8. The van der Waals surface area contributed by atoms with Crippen molar-refractivity contribution in [2.24, 2.45) is 5.92 Å². The molecule has 1 amide bonds. The van der Waals surface area contributed by atoms with Crippen LogP contribution in [0, 0.1) is 5.92 Å². The molecule has 1 N–H and O–H groups in total. The summed E-state index contributed by atoms with van der Waals surface area (Å²) in [6.07, 6.45) is 3.08. The zero-order chi connectivity index (χ0) is 14.1. The van der Waals surface area contributed by atoms with E-state index in [1.165, 1.54) is 5.56 Å². The predicted molar refractivity (Wildman–Crippen MR) is 80.7 cm³/mol. The van der Waals surface area contributed by atoms with Crippen LogP contribution in [0.2, 0.25) is 5.02 Å². The summed E-state index contributed by atoms with van der Waals surface area (Å²) >= 11 is 6.09. The standard InChI is InChI=1S/C16H21ClN2O/c1-11-14(7-8-18-11)16(20)19-9-3-6-15(19)12-4-2-5-13(17)10-12/h2,4-5,10-11,14-15,18H,3,6-9H2,1H3. The van der Waals surface area contributed by atoms with E-state index in [1.54, 1.807) is 0 Å². The Bertz CT molecular complexity index is 505. The lowest BCUT2D eigenvalue weighted by molar-refractivity contribution is -0.136. The first-order valence-electron chi connectivity index (χ1n) is 7.46. The molecule has 2 aliphatic heterocycles. The summed E-state index contributed by atoms with van der Waals surface area (Å²) in [4.78, 5) is 14.8. The number of rotatable bonds is 2. The lowest BCUT2D eigenvalue weighted by Gasteiger charge is -2.29. The molecule has 0 saturated carbocycles. The third kappa shape index (κ3) is 2.57. The molecule has 2 fully saturated rings. The summed E-state index contributed by atoms with van der Waals surface area (Å²) < 4.78 is 0. The second-order valence-electron chi connectivity index (χ2n) is 5.88. The van der Waals surface area contributed by atoms with E-state index in [1.807, 2.05) is 18.2 Å². The maximum atomic E-state index is 12.8. The highest BCUT2D eigenvalue weighted by Gasteiger charge is 2.37. The van der Waals surface area contributed by atoms with Crippen LogP contribution in [0.4, 0.5) is 0 Å². The second kappa shape index (κ2) is 5.74. The SMILES string of the molecule is CC1NCCC1C(=O)N1CCCC1c1cccc(Cl)c1. The third-order valence-electron chi connectivity index (χ3n) is 4.61. The van der Waals surface area contributed by atoms with Gasteiger partial charge in [-0.15, -0.1) is 0 Å². The number of nitrogens with zero attached hydrogens (tertiary/aromatic N) is 1. The van der Waals surface area contributed by atoms with Crippen molar-refractivity contribution in [2.75, 3.05) is 13.1 Å². The summed E-state index contributed by atoms with van der Waals surface area (Å²) in [5, 5.41) is 4.12. The highest BCUT2D eigenvalue weighted by atomic mass is 35.5. The Labute approximate surface area is 125 Å². The van der Waals surface area contributed by atoms with Gasteiger partial charge in [0.05, 0.1) is 12.0 Å². The molecule has 3 atom stereocenters. The van der Waals surface area contributed by atoms with E-state index in [2.05, 4.69) is 23.2 Å². The Balaban J connectivity index is 1.80. The molecule has 4 heteroatoms. The predicted octanol–water partition coefficient (Wildman–Crippen LogP) is 3.00. The van der Waals surface area contributed by atoms with Gasteiger partial charge in [-0.2, -0.15) is 0 Å². The number of hydrogen-bond donors (Lipinski definition) is 1. The van der Waals surface area contributed by atoms with Crippen molar-refractivity contribution in [2.45, 2.75) is 38.3 Å². The van der Waals surface area contributed by atoms with E-state index >= 15 is 0 Å². The van der Waals surface area contributed by atoms with E-state index in [0.29, 0.717) is 11.9 Å². The molecule has 3 nitrogen and oxygen atoms in total. The number of nitrogens with one attached hydrogen (secondary N) is 1. The molecule has 1 aromatic rings. The zero-order valence-corrected chi connectivity index (χ0v) is 12.6. The number of hydrogen-bond acceptors (Lipinski definition) is 2. The highest BCUT2D eigenvalue weighted by Crippen LogP contribution is 2.35. The molecule has 0 aromatic heterocycles. The second-order valence-corrected chi connectivity index (χ2v) is 6.32. The number of halogens is 1. The first-order chi connectivity index (χ1) is 9.66. The largest absolute Gasteiger partial charge is 0.335 e. The fourth-order valence-electron chi connectivity index (χ4n) is 3.50. The smallest absolute Gasteiger partial charge is 0.227 e. The van der Waals surface area contributed by atoms with Crippen LogP contribution in [0.25, 0.3) is 0 Å². The van der Waals surface area contributed by atoms with Crippen molar-refractivity contribution in [3.05, 3.63) is 34.9 Å². The van der Waals surface area contributed by atoms with Gasteiger partial charge in [-0.3, -0.25) is 4.79 Å². The summed E-state index contributed by atoms with van der Waals surface area (Å²) in [6, 6.07) is 8.43. The molecule has 1 aromatic carbocycles. The topological polar surface area (TPSA) is 32.3 Å². The molecule has 0 radical (unpaired) electrons. The molecule has 2 heterocycles. The first kappa shape index (κ1) is 13.9. The maximum absolute atomic E-state index is 12.8. The van der Waals surface area contributed by atoms with Crippen molar-refractivity contribution < 1.29 is 4.79 Å². The Hall–Kier alpha value is -1.06. The van der Waals surface area contributed by atoms with Crippen molar-refractivity contribution in [3.63, 3.8) is 0 Å². The highest BCUT2D eigenvalue weighted by molar-refractivity contribution is 6.30. The van der Waals surface area contributed by atoms with Gasteiger partial charge in [-0.1, -0.05) is 23.7 Å². The molecular weight excluding hydrogens is 272 g/mol. The van der Waals surface area contributed by atoms with Crippen LogP contribution in [0.5, 0.6) is 0 Å². The summed E-state index contributed by atoms with van der Waals surface area (Å²) in [5.74, 6) is 0.444. The summed E-state index contributed by atoms with van der Waals surface area (Å²) in [6.45, 7) is 3.94. The number of carbonyl (C=O) groups excluding carboxylic acids is 1. The number of benzene rings is 1. The Kier molecular flexibility index (Phi) is 3.99. The van der Waals surface area contributed by atoms with E-state index in [4.69, 9.17) is 11.6 Å². The third-order valence-corrected chi connectivity index (χ3v) is 4.85. The van der Waals surface area contributed by atoms with Crippen LogP contribution in [0.15, 0.2) is 24.3 Å². The average molecular weight is 293 g/mol. The summed E-state index contributed by atoms with van der Waals surface area (Å²) in [5.41, 5.74) is 1.17. The fraction of sp³-hybridized carbons (Fsp3) is 0.562. The van der Waals surface area contributed by atoms with Crippen molar-refractivity contribution in [3.8, 4) is 0 Å². The van der Waals surface area contributed by atoms with Gasteiger partial charge in [0, 0.05) is 17.6 Å². The number of amides is 1. The molecule has 0 spiro atoms. The van der Waals surface area contributed by atoms with E-state index in [9.17, 15) is 4.79 Å². The van der Waals surface area contributed by atoms with Gasteiger partial charge in [-0.25, -0.2) is 0 Å². The van der Waals surface area contributed by atoms with Crippen LogP contribution in [0.3, 0.4) is 0 Å². The maximum Gasteiger partial charge on any atom is 0.227 e. The van der Waals surface area contributed by atoms with Gasteiger partial charge in [0.2, 0.25) is 5.91 Å². The Morgan fingerprint density at radius 1 is 1.40 bits per heavy atom. The minimum atomic E-state index is 0.134. The van der Waals surface area contributed by atoms with Gasteiger partial charge in [0.1, 0.15) is 0 Å². The van der Waals surface area contributed by atoms with Crippen LogP contribution in [-0.2, 0) is 4.79 Å². The van der Waals surface area contributed by atoms with Gasteiger partial charge < -0.3 is 10.2 Å². The van der Waals surface area contributed by atoms with Gasteiger partial charge >= 0.3 is 0 Å². The Morgan fingerprint density at radius 2 is 2.25 bits per heavy atom. The average Bonchev–Trinajstić information content (AvgIpc) is 3.06. The minimum absolute atomic E-state index is 0.134. The minimum Gasteiger partial charge on any atom is -0.335 e. The normalized spacial score (nSPS) is 29.9. The van der Waals surface area contributed by atoms with E-state index < -0.39 is 0 Å². The molecular formula is C16H21ClN2O. The molecule has 0 aliphatic carbocycles. The van der Waals surface area contributed by atoms with Crippen LogP contribution in [-0.4, -0.2) is 29.9 Å². The molecule has 0 bridgehead atoms. The summed E-state index contributed by atoms with van der Waals surface area (Å²) in [7, 11) is 0. The number of likely N-dealkylation sites (tertiary alicyclic amines) is 1. The molecule has 2 saturated heterocycles. The Morgan fingerprint density at radius 3 is 2.95 bits per heavy atom. The molecule has 2 aliphatic rings. The van der Waals surface area contributed by atoms with Crippen molar-refractivity contribution in [1.82, 2.24) is 10.2 Å². The van der Waals surface area contributed by atoms with Crippen LogP contribution in [0.1, 0.15) is 37.8 Å². The molecule has 108 valence electrons. The fourth-order valence-corrected chi connectivity index (χ4v) is 3.70. The number of carbonyl (C=O) groups is 1. The monoisotopic (exact) mass is 292 g/mol. The quantitative estimate of drug-likeness (QED) is 0.909. The molecule has 3 unspecified atom stereocenters. The van der Waals surface area contributed by atoms with Crippen molar-refractivity contribution >= 4 is 17.5 Å². The van der Waals surface area contributed by atoms with E-state index in [0.717, 1.165) is 37.4 Å². The first-order valence-corrected chi connectivity index (χ1v) is 7.84. The van der Waals surface area contributed by atoms with Gasteiger partial charge in [-0.05, 0) is 50.4 Å². The molecule has 20 heavy (non-hydrogen) atoms. The lowest BCUT2D eigenvalue weighted by atomic mass is 9.98.